The van der Waals surface area contributed by atoms with E-state index in [0.29, 0.717) is 12.5 Å². The van der Waals surface area contributed by atoms with Gasteiger partial charge in [-0.05, 0) is 43.7 Å². The van der Waals surface area contributed by atoms with Gasteiger partial charge in [0, 0.05) is 18.6 Å². The van der Waals surface area contributed by atoms with Crippen LogP contribution in [0, 0.1) is 17.7 Å². The Labute approximate surface area is 144 Å². The van der Waals surface area contributed by atoms with Crippen LogP contribution in [0.15, 0.2) is 18.3 Å². The van der Waals surface area contributed by atoms with Crippen molar-refractivity contribution in [3.63, 3.8) is 0 Å². The normalized spacial score (nSPS) is 35.7. The third-order valence-corrected chi connectivity index (χ3v) is 5.93. The van der Waals surface area contributed by atoms with Crippen LogP contribution in [0.1, 0.15) is 36.2 Å². The Morgan fingerprint density at radius 3 is 2.76 bits per heavy atom. The number of hydrogen-bond acceptors (Lipinski definition) is 5. The SMILES string of the molecule is O=C(OC1C2CC3CC(N2)C1N(C(=O)c1ccc(F)cn1)C3)C1CC1. The summed E-state index contributed by atoms with van der Waals surface area (Å²) in [4.78, 5) is 30.9. The lowest BCUT2D eigenvalue weighted by atomic mass is 9.88. The highest BCUT2D eigenvalue weighted by Gasteiger charge is 2.57. The first-order chi connectivity index (χ1) is 12.1. The number of esters is 1. The number of hydrogen-bond donors (Lipinski definition) is 1. The van der Waals surface area contributed by atoms with E-state index in [4.69, 9.17) is 4.74 Å². The van der Waals surface area contributed by atoms with Crippen LogP contribution in [0.5, 0.6) is 0 Å². The highest BCUT2D eigenvalue weighted by Crippen LogP contribution is 2.42. The van der Waals surface area contributed by atoms with Gasteiger partial charge in [-0.1, -0.05) is 0 Å². The zero-order chi connectivity index (χ0) is 17.1. The van der Waals surface area contributed by atoms with Crippen LogP contribution < -0.4 is 5.32 Å². The molecule has 0 aromatic carbocycles. The number of piperidine rings is 2. The Morgan fingerprint density at radius 1 is 1.24 bits per heavy atom. The fourth-order valence-corrected chi connectivity index (χ4v) is 4.67. The van der Waals surface area contributed by atoms with Gasteiger partial charge in [0.1, 0.15) is 17.6 Å². The van der Waals surface area contributed by atoms with Gasteiger partial charge in [-0.2, -0.15) is 0 Å². The molecule has 6 nitrogen and oxygen atoms in total. The maximum absolute atomic E-state index is 13.1. The van der Waals surface area contributed by atoms with Crippen LogP contribution in [-0.4, -0.2) is 52.5 Å². The molecule has 7 heteroatoms. The molecule has 5 atom stereocenters. The second kappa shape index (κ2) is 5.49. The van der Waals surface area contributed by atoms with Crippen molar-refractivity contribution in [1.29, 1.82) is 0 Å². The monoisotopic (exact) mass is 345 g/mol. The summed E-state index contributed by atoms with van der Waals surface area (Å²) >= 11 is 0. The second-order valence-corrected chi connectivity index (χ2v) is 7.70. The van der Waals surface area contributed by atoms with E-state index in [0.717, 1.165) is 31.9 Å². The van der Waals surface area contributed by atoms with Crippen LogP contribution in [0.25, 0.3) is 0 Å². The van der Waals surface area contributed by atoms with E-state index in [1.807, 2.05) is 0 Å². The molecule has 1 aromatic rings. The third kappa shape index (κ3) is 2.52. The maximum atomic E-state index is 13.1. The topological polar surface area (TPSA) is 71.5 Å². The molecular weight excluding hydrogens is 325 g/mol. The molecule has 1 aliphatic carbocycles. The van der Waals surface area contributed by atoms with E-state index >= 15 is 0 Å². The molecule has 1 N–H and O–H groups in total. The van der Waals surface area contributed by atoms with Gasteiger partial charge in [-0.15, -0.1) is 0 Å². The molecule has 5 unspecified atom stereocenters. The number of halogens is 1. The van der Waals surface area contributed by atoms with Gasteiger partial charge in [0.15, 0.2) is 0 Å². The van der Waals surface area contributed by atoms with Crippen LogP contribution in [0.4, 0.5) is 4.39 Å². The van der Waals surface area contributed by atoms with Gasteiger partial charge in [0.05, 0.1) is 18.2 Å². The van der Waals surface area contributed by atoms with E-state index in [-0.39, 0.29) is 47.7 Å². The smallest absolute Gasteiger partial charge is 0.309 e. The standard InChI is InChI=1S/C18H20FN3O3/c19-11-3-4-12(20-7-11)17(23)22-8-9-5-13-15(22)16(14(6-9)21-13)25-18(24)10-1-2-10/h3-4,7,9-10,13-16,21H,1-2,5-6,8H2. The fourth-order valence-electron chi connectivity index (χ4n) is 4.67. The van der Waals surface area contributed by atoms with Crippen LogP contribution >= 0.6 is 0 Å². The molecular formula is C18H20FN3O3. The summed E-state index contributed by atoms with van der Waals surface area (Å²) in [7, 11) is 0. The number of rotatable bonds is 3. The molecule has 4 aliphatic rings. The summed E-state index contributed by atoms with van der Waals surface area (Å²) in [6, 6.07) is 2.78. The first-order valence-electron chi connectivity index (χ1n) is 8.99. The lowest BCUT2D eigenvalue weighted by molar-refractivity contribution is -0.153. The highest BCUT2D eigenvalue weighted by atomic mass is 19.1. The number of aromatic nitrogens is 1. The van der Waals surface area contributed by atoms with Gasteiger partial charge in [0.25, 0.3) is 5.91 Å². The Balaban J connectivity index is 1.42. The number of likely N-dealkylation sites (tertiary alicyclic amines) is 1. The minimum absolute atomic E-state index is 0.0422. The maximum Gasteiger partial charge on any atom is 0.309 e. The van der Waals surface area contributed by atoms with Gasteiger partial charge < -0.3 is 15.0 Å². The minimum atomic E-state index is -0.464. The number of carbonyl (C=O) groups is 2. The molecule has 1 amide bonds. The number of amides is 1. The number of ether oxygens (including phenoxy) is 1. The van der Waals surface area contributed by atoms with E-state index < -0.39 is 5.82 Å². The summed E-state index contributed by atoms with van der Waals surface area (Å²) in [5.41, 5.74) is 0.235. The zero-order valence-electron chi connectivity index (χ0n) is 13.7. The summed E-state index contributed by atoms with van der Waals surface area (Å²) < 4.78 is 18.9. The van der Waals surface area contributed by atoms with Crippen molar-refractivity contribution < 1.29 is 18.7 Å². The molecule has 4 fully saturated rings. The molecule has 3 bridgehead atoms. The third-order valence-electron chi connectivity index (χ3n) is 5.93. The largest absolute Gasteiger partial charge is 0.458 e. The number of nitrogens with zero attached hydrogens (tertiary/aromatic N) is 2. The quantitative estimate of drug-likeness (QED) is 0.831. The molecule has 1 saturated carbocycles. The summed E-state index contributed by atoms with van der Waals surface area (Å²) in [5.74, 6) is -0.358. The van der Waals surface area contributed by atoms with Crippen LogP contribution in [0.2, 0.25) is 0 Å². The van der Waals surface area contributed by atoms with Crippen molar-refractivity contribution in [2.24, 2.45) is 11.8 Å². The number of fused-ring (bicyclic) bond motifs is 2. The molecule has 5 rings (SSSR count). The summed E-state index contributed by atoms with van der Waals surface area (Å²) in [6.45, 7) is 0.648. The van der Waals surface area contributed by atoms with E-state index in [9.17, 15) is 14.0 Å². The van der Waals surface area contributed by atoms with E-state index in [1.54, 1.807) is 4.90 Å². The average molecular weight is 345 g/mol. The predicted molar refractivity (Wildman–Crippen MR) is 85.1 cm³/mol. The second-order valence-electron chi connectivity index (χ2n) is 7.70. The molecule has 3 aliphatic heterocycles. The number of carbonyl (C=O) groups excluding carboxylic acids is 2. The van der Waals surface area contributed by atoms with Gasteiger partial charge in [-0.25, -0.2) is 9.37 Å². The Morgan fingerprint density at radius 2 is 2.04 bits per heavy atom. The molecule has 1 aromatic heterocycles. The number of pyridine rings is 1. The van der Waals surface area contributed by atoms with E-state index in [1.165, 1.54) is 12.1 Å². The Bertz CT molecular complexity index is 721. The van der Waals surface area contributed by atoms with Crippen molar-refractivity contribution in [3.8, 4) is 0 Å². The van der Waals surface area contributed by atoms with Crippen molar-refractivity contribution in [2.45, 2.75) is 49.9 Å². The van der Waals surface area contributed by atoms with Crippen molar-refractivity contribution in [2.75, 3.05) is 6.54 Å². The van der Waals surface area contributed by atoms with Crippen molar-refractivity contribution in [3.05, 3.63) is 29.8 Å². The fraction of sp³-hybridized carbons (Fsp3) is 0.611. The Kier molecular flexibility index (Phi) is 3.35. The predicted octanol–water partition coefficient (Wildman–Crippen LogP) is 1.12. The molecule has 0 spiro atoms. The first kappa shape index (κ1) is 15.3. The summed E-state index contributed by atoms with van der Waals surface area (Å²) in [6.07, 6.45) is 4.49. The first-order valence-corrected chi connectivity index (χ1v) is 8.99. The van der Waals surface area contributed by atoms with Crippen LogP contribution in [-0.2, 0) is 9.53 Å². The highest BCUT2D eigenvalue weighted by molar-refractivity contribution is 5.92. The molecule has 4 heterocycles. The van der Waals surface area contributed by atoms with Crippen molar-refractivity contribution >= 4 is 11.9 Å². The summed E-state index contributed by atoms with van der Waals surface area (Å²) in [5, 5.41) is 3.53. The Hall–Kier alpha value is -2.02. The lowest BCUT2D eigenvalue weighted by Crippen LogP contribution is -2.57. The van der Waals surface area contributed by atoms with Gasteiger partial charge in [0.2, 0.25) is 0 Å². The average Bonchev–Trinajstić information content (AvgIpc) is 3.42. The van der Waals surface area contributed by atoms with Gasteiger partial charge in [-0.3, -0.25) is 9.59 Å². The molecule has 132 valence electrons. The molecule has 25 heavy (non-hydrogen) atoms. The minimum Gasteiger partial charge on any atom is -0.458 e. The zero-order valence-corrected chi connectivity index (χ0v) is 13.7. The number of nitrogens with one attached hydrogen (secondary N) is 1. The lowest BCUT2D eigenvalue weighted by Gasteiger charge is -2.42. The molecule has 0 radical (unpaired) electrons. The van der Waals surface area contributed by atoms with E-state index in [2.05, 4.69) is 10.3 Å². The van der Waals surface area contributed by atoms with Gasteiger partial charge >= 0.3 is 5.97 Å². The molecule has 3 saturated heterocycles. The van der Waals surface area contributed by atoms with Crippen LogP contribution in [0.3, 0.4) is 0 Å². The van der Waals surface area contributed by atoms with Crippen molar-refractivity contribution in [1.82, 2.24) is 15.2 Å².